The van der Waals surface area contributed by atoms with E-state index in [1.54, 1.807) is 25.4 Å². The molecule has 3 heterocycles. The van der Waals surface area contributed by atoms with Gasteiger partial charge in [-0.2, -0.15) is 0 Å². The molecule has 2 aromatic heterocycles. The fourth-order valence-electron chi connectivity index (χ4n) is 3.62. The molecule has 3 aromatic rings. The Hall–Kier alpha value is -2.99. The zero-order valence-electron chi connectivity index (χ0n) is 15.1. The van der Waals surface area contributed by atoms with Crippen LogP contribution in [0.4, 0.5) is 5.69 Å². The highest BCUT2D eigenvalue weighted by atomic mass is 16.4. The highest BCUT2D eigenvalue weighted by Gasteiger charge is 2.22. The molecule has 1 saturated heterocycles. The van der Waals surface area contributed by atoms with Gasteiger partial charge in [-0.05, 0) is 50.1 Å². The Morgan fingerprint density at radius 3 is 3.00 bits per heavy atom. The lowest BCUT2D eigenvalue weighted by Gasteiger charge is -2.22. The summed E-state index contributed by atoms with van der Waals surface area (Å²) in [6, 6.07) is 9.22. The summed E-state index contributed by atoms with van der Waals surface area (Å²) in [6.07, 6.45) is 5.43. The topological polar surface area (TPSA) is 84.2 Å². The number of piperidine rings is 1. The number of nitrogens with zero attached hydrogens (tertiary/aromatic N) is 1. The number of carbonyl (C=O) groups excluding carboxylic acids is 1. The average Bonchev–Trinajstić information content (AvgIpc) is 2.68. The van der Waals surface area contributed by atoms with E-state index >= 15 is 0 Å². The van der Waals surface area contributed by atoms with Crippen molar-refractivity contribution in [2.24, 2.45) is 0 Å². The van der Waals surface area contributed by atoms with Crippen molar-refractivity contribution in [3.8, 4) is 0 Å². The molecule has 1 unspecified atom stereocenters. The highest BCUT2D eigenvalue weighted by molar-refractivity contribution is 6.09. The predicted octanol–water partition coefficient (Wildman–Crippen LogP) is 3.22. The van der Waals surface area contributed by atoms with E-state index in [0.717, 1.165) is 36.7 Å². The van der Waals surface area contributed by atoms with Crippen LogP contribution in [-0.2, 0) is 0 Å². The van der Waals surface area contributed by atoms with Gasteiger partial charge in [0.25, 0.3) is 5.91 Å². The number of fused-ring (bicyclic) bond motifs is 1. The molecular formula is C21H21N3O3. The molecule has 2 N–H and O–H groups in total. The van der Waals surface area contributed by atoms with E-state index in [2.05, 4.69) is 15.6 Å². The zero-order valence-corrected chi connectivity index (χ0v) is 15.1. The Labute approximate surface area is 156 Å². The number of anilines is 1. The maximum Gasteiger partial charge on any atom is 0.349 e. The van der Waals surface area contributed by atoms with Gasteiger partial charge >= 0.3 is 5.63 Å². The van der Waals surface area contributed by atoms with Crippen molar-refractivity contribution in [1.29, 1.82) is 0 Å². The Kier molecular flexibility index (Phi) is 4.73. The maximum absolute atomic E-state index is 12.8. The summed E-state index contributed by atoms with van der Waals surface area (Å²) in [5, 5.41) is 7.94. The Balaban J connectivity index is 1.64. The predicted molar refractivity (Wildman–Crippen MR) is 104 cm³/mol. The molecule has 0 spiro atoms. The molecule has 0 radical (unpaired) electrons. The summed E-state index contributed by atoms with van der Waals surface area (Å²) in [7, 11) is 0. The molecule has 138 valence electrons. The van der Waals surface area contributed by atoms with Crippen molar-refractivity contribution in [2.45, 2.75) is 25.7 Å². The first kappa shape index (κ1) is 17.4. The second kappa shape index (κ2) is 7.32. The molecule has 0 bridgehead atoms. The van der Waals surface area contributed by atoms with Crippen LogP contribution in [0.15, 0.2) is 51.9 Å². The van der Waals surface area contributed by atoms with Crippen molar-refractivity contribution in [2.75, 3.05) is 18.4 Å². The van der Waals surface area contributed by atoms with Gasteiger partial charge in [-0.3, -0.25) is 9.78 Å². The Bertz CT molecular complexity index is 1050. The van der Waals surface area contributed by atoms with Crippen LogP contribution in [0.1, 0.15) is 40.4 Å². The van der Waals surface area contributed by atoms with E-state index in [4.69, 9.17) is 4.42 Å². The molecule has 1 amide bonds. The molecule has 1 aliphatic rings. The van der Waals surface area contributed by atoms with Crippen LogP contribution in [0.25, 0.3) is 10.8 Å². The van der Waals surface area contributed by atoms with Gasteiger partial charge in [0, 0.05) is 41.3 Å². The van der Waals surface area contributed by atoms with Gasteiger partial charge in [-0.1, -0.05) is 12.1 Å². The monoisotopic (exact) mass is 363 g/mol. The van der Waals surface area contributed by atoms with Crippen LogP contribution < -0.4 is 16.3 Å². The molecule has 1 aliphatic heterocycles. The fourth-order valence-corrected chi connectivity index (χ4v) is 3.62. The minimum Gasteiger partial charge on any atom is -0.427 e. The van der Waals surface area contributed by atoms with E-state index in [9.17, 15) is 9.59 Å². The lowest BCUT2D eigenvalue weighted by Crippen LogP contribution is -2.30. The van der Waals surface area contributed by atoms with Crippen LogP contribution >= 0.6 is 0 Å². The number of rotatable bonds is 3. The number of hydrogen-bond acceptors (Lipinski definition) is 5. The van der Waals surface area contributed by atoms with Gasteiger partial charge in [0.05, 0.1) is 0 Å². The second-order valence-corrected chi connectivity index (χ2v) is 6.89. The molecular weight excluding hydrogens is 342 g/mol. The van der Waals surface area contributed by atoms with Crippen molar-refractivity contribution in [1.82, 2.24) is 10.3 Å². The third-order valence-electron chi connectivity index (χ3n) is 5.02. The van der Waals surface area contributed by atoms with E-state index in [1.165, 1.54) is 0 Å². The van der Waals surface area contributed by atoms with Crippen LogP contribution in [0.5, 0.6) is 0 Å². The fraction of sp³-hybridized carbons (Fsp3) is 0.286. The average molecular weight is 363 g/mol. The van der Waals surface area contributed by atoms with Gasteiger partial charge in [-0.15, -0.1) is 0 Å². The first-order valence-electron chi connectivity index (χ1n) is 9.13. The third kappa shape index (κ3) is 3.48. The molecule has 6 heteroatoms. The largest absolute Gasteiger partial charge is 0.427 e. The summed E-state index contributed by atoms with van der Waals surface area (Å²) in [6.45, 7) is 3.55. The van der Waals surface area contributed by atoms with Gasteiger partial charge in [0.2, 0.25) is 0 Å². The number of hydrogen-bond donors (Lipinski definition) is 2. The van der Waals surface area contributed by atoms with Crippen molar-refractivity contribution < 1.29 is 9.21 Å². The molecule has 0 saturated carbocycles. The van der Waals surface area contributed by atoms with Gasteiger partial charge in [0.1, 0.15) is 11.3 Å². The Morgan fingerprint density at radius 2 is 2.22 bits per heavy atom. The summed E-state index contributed by atoms with van der Waals surface area (Å²) in [5.74, 6) is 0.365. The third-order valence-corrected chi connectivity index (χ3v) is 5.02. The lowest BCUT2D eigenvalue weighted by atomic mass is 9.95. The smallest absolute Gasteiger partial charge is 0.349 e. The van der Waals surface area contributed by atoms with Crippen LogP contribution in [0.3, 0.4) is 0 Å². The molecule has 27 heavy (non-hydrogen) atoms. The van der Waals surface area contributed by atoms with Crippen LogP contribution in [0, 0.1) is 6.92 Å². The standard InChI is InChI=1S/C21H21N3O3/c1-13-10-18(15-5-3-8-22-12-15)27-21(26)19(13)20(25)24-17-6-2-4-14-11-23-9-7-16(14)17/h2,4,6-7,9-11,15,22H,3,5,8,12H2,1H3,(H,24,25). The second-order valence-electron chi connectivity index (χ2n) is 6.89. The number of carbonyl (C=O) groups is 1. The van der Waals surface area contributed by atoms with Crippen LogP contribution in [0.2, 0.25) is 0 Å². The number of nitrogens with one attached hydrogen (secondary N) is 2. The first-order chi connectivity index (χ1) is 13.1. The SMILES string of the molecule is Cc1cc(C2CCCNC2)oc(=O)c1C(=O)Nc1cccc2cnccc12. The molecule has 0 aliphatic carbocycles. The zero-order chi connectivity index (χ0) is 18.8. The molecule has 6 nitrogen and oxygen atoms in total. The molecule has 1 aromatic carbocycles. The lowest BCUT2D eigenvalue weighted by molar-refractivity contribution is 0.102. The Morgan fingerprint density at radius 1 is 1.33 bits per heavy atom. The molecule has 1 atom stereocenters. The summed E-state index contributed by atoms with van der Waals surface area (Å²) in [4.78, 5) is 29.4. The minimum atomic E-state index is -0.588. The van der Waals surface area contributed by atoms with E-state index in [1.807, 2.05) is 24.3 Å². The molecule has 1 fully saturated rings. The van der Waals surface area contributed by atoms with Gasteiger partial charge < -0.3 is 15.1 Å². The maximum atomic E-state index is 12.8. The van der Waals surface area contributed by atoms with Crippen molar-refractivity contribution in [3.05, 3.63) is 70.0 Å². The summed E-state index contributed by atoms with van der Waals surface area (Å²) < 4.78 is 5.51. The number of aryl methyl sites for hydroxylation is 1. The van der Waals surface area contributed by atoms with E-state index in [-0.39, 0.29) is 11.5 Å². The van der Waals surface area contributed by atoms with Gasteiger partial charge in [0.15, 0.2) is 0 Å². The number of aromatic nitrogens is 1. The minimum absolute atomic E-state index is 0.0496. The van der Waals surface area contributed by atoms with Crippen molar-refractivity contribution >= 4 is 22.4 Å². The first-order valence-corrected chi connectivity index (χ1v) is 9.13. The van der Waals surface area contributed by atoms with E-state index in [0.29, 0.717) is 17.0 Å². The number of benzene rings is 1. The normalized spacial score (nSPS) is 17.0. The van der Waals surface area contributed by atoms with E-state index < -0.39 is 11.5 Å². The number of amides is 1. The highest BCUT2D eigenvalue weighted by Crippen LogP contribution is 2.25. The quantitative estimate of drug-likeness (QED) is 0.746. The molecule has 4 rings (SSSR count). The summed E-state index contributed by atoms with van der Waals surface area (Å²) >= 11 is 0. The van der Waals surface area contributed by atoms with Crippen molar-refractivity contribution in [3.63, 3.8) is 0 Å². The van der Waals surface area contributed by atoms with Crippen LogP contribution in [-0.4, -0.2) is 24.0 Å². The summed E-state index contributed by atoms with van der Waals surface area (Å²) in [5.41, 5.74) is 0.731. The number of pyridine rings is 1. The van der Waals surface area contributed by atoms with Gasteiger partial charge in [-0.25, -0.2) is 4.79 Å².